The second-order valence-electron chi connectivity index (χ2n) is 4.65. The Bertz CT molecular complexity index is 475. The third-order valence-electron chi connectivity index (χ3n) is 2.82. The average Bonchev–Trinajstić information content (AvgIpc) is 2.26. The third kappa shape index (κ3) is 2.88. The van der Waals surface area contributed by atoms with E-state index in [2.05, 4.69) is 0 Å². The van der Waals surface area contributed by atoms with E-state index in [1.807, 2.05) is 13.8 Å². The maximum atomic E-state index is 11.1. The van der Waals surface area contributed by atoms with Gasteiger partial charge in [-0.1, -0.05) is 32.9 Å². The van der Waals surface area contributed by atoms with Crippen molar-refractivity contribution in [2.24, 2.45) is 5.92 Å². The monoisotopic (exact) mass is 248 g/mol. The Balaban J connectivity index is 3.47. The molecule has 0 saturated carbocycles. The Labute approximate surface area is 106 Å². The van der Waals surface area contributed by atoms with E-state index in [-0.39, 0.29) is 11.1 Å². The molecule has 0 unspecified atom stereocenters. The topological polar surface area (TPSA) is 80.3 Å². The zero-order valence-corrected chi connectivity index (χ0v) is 10.8. The number of rotatable bonds is 5. The summed E-state index contributed by atoms with van der Waals surface area (Å²) in [5, 5.41) is 22.1. The third-order valence-corrected chi connectivity index (χ3v) is 2.82. The van der Waals surface area contributed by atoms with Crippen LogP contribution in [0.15, 0.2) is 12.1 Å². The number of carboxylic acids is 2. The number of hydrogen-bond acceptors (Lipinski definition) is 4. The van der Waals surface area contributed by atoms with Crippen LogP contribution < -0.4 is 10.2 Å². The molecule has 1 aromatic carbocycles. The standard InChI is InChI=1S/C14H18O4/c1-4-10-9(7-8(2)3)5-6-11(13(15)16)12(10)14(17)18/h5-6,8H,4,7H2,1-3H3,(H,15,16)(H,17,18)/p-2. The molecule has 0 aliphatic heterocycles. The zero-order chi connectivity index (χ0) is 13.9. The van der Waals surface area contributed by atoms with E-state index in [0.717, 1.165) is 5.56 Å². The number of hydrogen-bond donors (Lipinski definition) is 0. The predicted molar refractivity (Wildman–Crippen MR) is 63.0 cm³/mol. The highest BCUT2D eigenvalue weighted by molar-refractivity contribution is 6.01. The summed E-state index contributed by atoms with van der Waals surface area (Å²) in [6.07, 6.45) is 1.16. The SMILES string of the molecule is CCc1c(CC(C)C)ccc(C(=O)[O-])c1C(=O)[O-]. The Kier molecular flexibility index (Phi) is 4.48. The van der Waals surface area contributed by atoms with Crippen LogP contribution in [0.3, 0.4) is 0 Å². The van der Waals surface area contributed by atoms with E-state index in [9.17, 15) is 19.8 Å². The van der Waals surface area contributed by atoms with Crippen LogP contribution >= 0.6 is 0 Å². The van der Waals surface area contributed by atoms with Crippen LogP contribution in [-0.2, 0) is 12.8 Å². The van der Waals surface area contributed by atoms with Gasteiger partial charge in [-0.25, -0.2) is 0 Å². The van der Waals surface area contributed by atoms with Gasteiger partial charge in [0.15, 0.2) is 0 Å². The van der Waals surface area contributed by atoms with Gasteiger partial charge in [0.25, 0.3) is 0 Å². The maximum Gasteiger partial charge on any atom is 0.0724 e. The van der Waals surface area contributed by atoms with Crippen LogP contribution in [0.1, 0.15) is 52.6 Å². The minimum absolute atomic E-state index is 0.240. The summed E-state index contributed by atoms with van der Waals surface area (Å²) < 4.78 is 0. The molecule has 18 heavy (non-hydrogen) atoms. The molecule has 0 spiro atoms. The van der Waals surface area contributed by atoms with E-state index in [1.54, 1.807) is 13.0 Å². The molecule has 4 heteroatoms. The smallest absolute Gasteiger partial charge is 0.0724 e. The van der Waals surface area contributed by atoms with Crippen molar-refractivity contribution in [3.63, 3.8) is 0 Å². The quantitative estimate of drug-likeness (QED) is 0.744. The van der Waals surface area contributed by atoms with Crippen LogP contribution in [0.5, 0.6) is 0 Å². The highest BCUT2D eigenvalue weighted by Crippen LogP contribution is 2.22. The van der Waals surface area contributed by atoms with Gasteiger partial charge in [0.2, 0.25) is 0 Å². The van der Waals surface area contributed by atoms with Crippen molar-refractivity contribution in [1.29, 1.82) is 0 Å². The minimum Gasteiger partial charge on any atom is -0.545 e. The summed E-state index contributed by atoms with van der Waals surface area (Å²) >= 11 is 0. The fraction of sp³-hybridized carbons (Fsp3) is 0.429. The molecular weight excluding hydrogens is 232 g/mol. The lowest BCUT2D eigenvalue weighted by atomic mass is 9.90. The van der Waals surface area contributed by atoms with Gasteiger partial charge in [0, 0.05) is 11.1 Å². The van der Waals surface area contributed by atoms with Crippen molar-refractivity contribution in [2.45, 2.75) is 33.6 Å². The zero-order valence-electron chi connectivity index (χ0n) is 10.8. The molecule has 0 amide bonds. The average molecular weight is 248 g/mol. The Morgan fingerprint density at radius 1 is 1.17 bits per heavy atom. The van der Waals surface area contributed by atoms with E-state index >= 15 is 0 Å². The molecule has 1 aromatic rings. The summed E-state index contributed by atoms with van der Waals surface area (Å²) in [4.78, 5) is 22.1. The van der Waals surface area contributed by atoms with Crippen LogP contribution in [0.4, 0.5) is 0 Å². The van der Waals surface area contributed by atoms with Crippen LogP contribution in [0, 0.1) is 5.92 Å². The first kappa shape index (κ1) is 14.2. The molecule has 98 valence electrons. The van der Waals surface area contributed by atoms with Gasteiger partial charge in [-0.15, -0.1) is 0 Å². The molecule has 0 bridgehead atoms. The lowest BCUT2D eigenvalue weighted by Gasteiger charge is -2.20. The fourth-order valence-corrected chi connectivity index (χ4v) is 2.13. The lowest BCUT2D eigenvalue weighted by Crippen LogP contribution is -2.31. The lowest BCUT2D eigenvalue weighted by molar-refractivity contribution is -0.259. The number of carbonyl (C=O) groups excluding carboxylic acids is 2. The second-order valence-corrected chi connectivity index (χ2v) is 4.65. The molecule has 0 aromatic heterocycles. The van der Waals surface area contributed by atoms with Crippen LogP contribution in [0.25, 0.3) is 0 Å². The van der Waals surface area contributed by atoms with Crippen LogP contribution in [0.2, 0.25) is 0 Å². The molecule has 1 rings (SSSR count). The van der Waals surface area contributed by atoms with Crippen molar-refractivity contribution in [3.8, 4) is 0 Å². The predicted octanol–water partition coefficient (Wildman–Crippen LogP) is 0.175. The summed E-state index contributed by atoms with van der Waals surface area (Å²) in [5.41, 5.74) is 0.845. The first-order chi connectivity index (χ1) is 8.38. The highest BCUT2D eigenvalue weighted by Gasteiger charge is 2.14. The second kappa shape index (κ2) is 5.67. The summed E-state index contributed by atoms with van der Waals surface area (Å²) in [6, 6.07) is 2.95. The van der Waals surface area contributed by atoms with Crippen molar-refractivity contribution in [2.75, 3.05) is 0 Å². The van der Waals surface area contributed by atoms with E-state index in [0.29, 0.717) is 24.3 Å². The molecule has 0 saturated heterocycles. The first-order valence-electron chi connectivity index (χ1n) is 5.95. The maximum absolute atomic E-state index is 11.1. The van der Waals surface area contributed by atoms with Gasteiger partial charge in [0.05, 0.1) is 11.9 Å². The molecule has 0 aliphatic carbocycles. The van der Waals surface area contributed by atoms with Gasteiger partial charge in [0.1, 0.15) is 0 Å². The molecule has 0 radical (unpaired) electrons. The van der Waals surface area contributed by atoms with Gasteiger partial charge in [-0.3, -0.25) is 0 Å². The molecule has 0 aliphatic rings. The van der Waals surface area contributed by atoms with Crippen molar-refractivity contribution >= 4 is 11.9 Å². The summed E-state index contributed by atoms with van der Waals surface area (Å²) in [7, 11) is 0. The molecular formula is C14H16O4-2. The Hall–Kier alpha value is -1.84. The van der Waals surface area contributed by atoms with Crippen molar-refractivity contribution in [3.05, 3.63) is 34.4 Å². The Morgan fingerprint density at radius 3 is 2.17 bits per heavy atom. The largest absolute Gasteiger partial charge is 0.545 e. The Morgan fingerprint density at radius 2 is 1.78 bits per heavy atom. The first-order valence-corrected chi connectivity index (χ1v) is 5.95. The van der Waals surface area contributed by atoms with Crippen LogP contribution in [-0.4, -0.2) is 11.9 Å². The van der Waals surface area contributed by atoms with Crippen molar-refractivity contribution in [1.82, 2.24) is 0 Å². The molecule has 4 nitrogen and oxygen atoms in total. The van der Waals surface area contributed by atoms with Gasteiger partial charge < -0.3 is 19.8 Å². The normalized spacial score (nSPS) is 10.7. The number of carboxylic acid groups (broad SMARTS) is 2. The molecule has 0 heterocycles. The number of aromatic carboxylic acids is 2. The molecule has 0 fully saturated rings. The van der Waals surface area contributed by atoms with E-state index < -0.39 is 11.9 Å². The van der Waals surface area contributed by atoms with Gasteiger partial charge in [-0.2, -0.15) is 0 Å². The van der Waals surface area contributed by atoms with E-state index in [4.69, 9.17) is 0 Å². The fourth-order valence-electron chi connectivity index (χ4n) is 2.13. The minimum atomic E-state index is -1.49. The summed E-state index contributed by atoms with van der Waals surface area (Å²) in [5.74, 6) is -2.59. The summed E-state index contributed by atoms with van der Waals surface area (Å²) in [6.45, 7) is 5.83. The van der Waals surface area contributed by atoms with Gasteiger partial charge in [-0.05, 0) is 29.9 Å². The molecule has 0 N–H and O–H groups in total. The van der Waals surface area contributed by atoms with Gasteiger partial charge >= 0.3 is 0 Å². The van der Waals surface area contributed by atoms with E-state index in [1.165, 1.54) is 6.07 Å². The number of benzene rings is 1. The molecule has 0 atom stereocenters. The highest BCUT2D eigenvalue weighted by atomic mass is 16.4. The van der Waals surface area contributed by atoms with Crippen molar-refractivity contribution < 1.29 is 19.8 Å². The number of carbonyl (C=O) groups is 2.